The van der Waals surface area contributed by atoms with Crippen LogP contribution in [0.25, 0.3) is 0 Å². The van der Waals surface area contributed by atoms with Crippen molar-refractivity contribution in [1.29, 1.82) is 0 Å². The number of carbonyl (C=O) groups excluding carboxylic acids is 3. The first kappa shape index (κ1) is 23.9. The number of hydrogen-bond acceptors (Lipinski definition) is 8. The maximum absolute atomic E-state index is 12.4. The van der Waals surface area contributed by atoms with Crippen LogP contribution in [0.4, 0.5) is 0 Å². The van der Waals surface area contributed by atoms with Crippen molar-refractivity contribution in [3.63, 3.8) is 0 Å². The molecule has 0 saturated carbocycles. The van der Waals surface area contributed by atoms with Crippen molar-refractivity contribution in [3.8, 4) is 0 Å². The van der Waals surface area contributed by atoms with Crippen LogP contribution >= 0.6 is 12.6 Å². The number of aromatic nitrogens is 2. The minimum Gasteiger partial charge on any atom is -0.481 e. The fourth-order valence-electron chi connectivity index (χ4n) is 2.19. The summed E-state index contributed by atoms with van der Waals surface area (Å²) in [4.78, 5) is 64.9. The average molecular weight is 430 g/mol. The Labute approximate surface area is 170 Å². The van der Waals surface area contributed by atoms with Gasteiger partial charge in [-0.25, -0.2) is 9.78 Å². The molecule has 0 aliphatic carbocycles. The third-order valence-corrected chi connectivity index (χ3v) is 3.99. The van der Waals surface area contributed by atoms with Crippen molar-refractivity contribution < 1.29 is 34.2 Å². The fraction of sp³-hybridized carbons (Fsp3) is 0.467. The van der Waals surface area contributed by atoms with E-state index in [0.29, 0.717) is 5.69 Å². The Morgan fingerprint density at radius 3 is 2.17 bits per heavy atom. The molecular weight excluding hydrogens is 408 g/mol. The minimum atomic E-state index is -1.47. The molecule has 160 valence electrons. The highest BCUT2D eigenvalue weighted by molar-refractivity contribution is 7.80. The molecule has 0 radical (unpaired) electrons. The van der Waals surface area contributed by atoms with Crippen LogP contribution in [0.1, 0.15) is 12.1 Å². The lowest BCUT2D eigenvalue weighted by Gasteiger charge is -2.22. The largest absolute Gasteiger partial charge is 0.481 e. The number of nitrogens with one attached hydrogen (secondary N) is 4. The molecule has 1 aromatic heterocycles. The Morgan fingerprint density at radius 2 is 1.69 bits per heavy atom. The third kappa shape index (κ3) is 8.18. The summed E-state index contributed by atoms with van der Waals surface area (Å²) in [7, 11) is 0. The van der Waals surface area contributed by atoms with E-state index in [1.807, 2.05) is 0 Å². The van der Waals surface area contributed by atoms with Crippen molar-refractivity contribution >= 4 is 42.3 Å². The van der Waals surface area contributed by atoms with Crippen molar-refractivity contribution in [1.82, 2.24) is 25.9 Å². The van der Waals surface area contributed by atoms with Gasteiger partial charge in [0.2, 0.25) is 17.7 Å². The molecule has 3 atom stereocenters. The highest BCUT2D eigenvalue weighted by Gasteiger charge is 2.30. The lowest BCUT2D eigenvalue weighted by molar-refractivity contribution is -0.143. The van der Waals surface area contributed by atoms with Gasteiger partial charge in [-0.3, -0.25) is 19.2 Å². The van der Waals surface area contributed by atoms with E-state index in [1.54, 1.807) is 0 Å². The zero-order valence-corrected chi connectivity index (χ0v) is 16.0. The summed E-state index contributed by atoms with van der Waals surface area (Å²) in [6.45, 7) is -0.465. The first-order valence-electron chi connectivity index (χ1n) is 8.30. The monoisotopic (exact) mass is 430 g/mol. The summed E-state index contributed by atoms with van der Waals surface area (Å²) in [5.74, 6) is -5.44. The van der Waals surface area contributed by atoms with E-state index in [1.165, 1.54) is 12.5 Å². The lowest BCUT2D eigenvalue weighted by atomic mass is 10.1. The lowest BCUT2D eigenvalue weighted by Crippen LogP contribution is -2.57. The molecular formula is C15H22N6O7S. The molecule has 0 aliphatic rings. The van der Waals surface area contributed by atoms with E-state index in [4.69, 9.17) is 10.8 Å². The van der Waals surface area contributed by atoms with Gasteiger partial charge in [-0.1, -0.05) is 0 Å². The van der Waals surface area contributed by atoms with Crippen LogP contribution in [-0.2, 0) is 30.4 Å². The van der Waals surface area contributed by atoms with Gasteiger partial charge in [-0.05, 0) is 0 Å². The molecule has 0 aromatic carbocycles. The molecule has 3 unspecified atom stereocenters. The molecule has 1 heterocycles. The number of aliphatic carboxylic acids is 2. The zero-order chi connectivity index (χ0) is 22.0. The van der Waals surface area contributed by atoms with Crippen LogP contribution in [0.5, 0.6) is 0 Å². The van der Waals surface area contributed by atoms with E-state index in [2.05, 4.69) is 38.5 Å². The second-order valence-electron chi connectivity index (χ2n) is 5.85. The highest BCUT2D eigenvalue weighted by Crippen LogP contribution is 2.01. The van der Waals surface area contributed by atoms with E-state index >= 15 is 0 Å². The van der Waals surface area contributed by atoms with E-state index in [9.17, 15) is 29.1 Å². The number of carboxylic acids is 2. The number of rotatable bonds is 12. The second-order valence-corrected chi connectivity index (χ2v) is 6.21. The number of amides is 3. The molecule has 3 amide bonds. The number of thiol groups is 1. The molecule has 0 bridgehead atoms. The molecule has 1 rings (SSSR count). The van der Waals surface area contributed by atoms with Gasteiger partial charge in [-0.2, -0.15) is 12.6 Å². The topological polar surface area (TPSA) is 217 Å². The Kier molecular flexibility index (Phi) is 9.61. The van der Waals surface area contributed by atoms with Gasteiger partial charge in [0, 0.05) is 24.1 Å². The van der Waals surface area contributed by atoms with Gasteiger partial charge < -0.3 is 36.9 Å². The summed E-state index contributed by atoms with van der Waals surface area (Å²) in [6, 6.07) is -4.06. The van der Waals surface area contributed by atoms with Gasteiger partial charge in [0.1, 0.15) is 18.1 Å². The third-order valence-electron chi connectivity index (χ3n) is 3.62. The molecule has 13 nitrogen and oxygen atoms in total. The molecule has 29 heavy (non-hydrogen) atoms. The molecule has 8 N–H and O–H groups in total. The fourth-order valence-corrected chi connectivity index (χ4v) is 2.45. The quantitative estimate of drug-likeness (QED) is 0.157. The summed E-state index contributed by atoms with van der Waals surface area (Å²) >= 11 is 3.96. The minimum absolute atomic E-state index is 0.0808. The van der Waals surface area contributed by atoms with Gasteiger partial charge in [0.05, 0.1) is 19.3 Å². The Hall–Kier alpha value is -3.13. The Morgan fingerprint density at radius 1 is 1.07 bits per heavy atom. The second kappa shape index (κ2) is 11.7. The summed E-state index contributed by atoms with van der Waals surface area (Å²) < 4.78 is 0. The van der Waals surface area contributed by atoms with Crippen LogP contribution in [0.15, 0.2) is 12.5 Å². The van der Waals surface area contributed by atoms with Gasteiger partial charge in [-0.15, -0.1) is 0 Å². The number of nitrogens with two attached hydrogens (primary N) is 1. The number of imidazole rings is 1. The number of H-pyrrole nitrogens is 1. The number of aromatic amines is 1. The predicted octanol–water partition coefficient (Wildman–Crippen LogP) is -3.15. The molecule has 0 aliphatic heterocycles. The number of carboxylic acid groups (broad SMARTS) is 2. The van der Waals surface area contributed by atoms with Crippen molar-refractivity contribution in [2.75, 3.05) is 12.3 Å². The van der Waals surface area contributed by atoms with Crippen LogP contribution < -0.4 is 21.7 Å². The Bertz CT molecular complexity index is 742. The van der Waals surface area contributed by atoms with Crippen LogP contribution in [0, 0.1) is 0 Å². The van der Waals surface area contributed by atoms with E-state index in [-0.39, 0.29) is 12.2 Å². The van der Waals surface area contributed by atoms with Crippen molar-refractivity contribution in [2.45, 2.75) is 31.0 Å². The Balaban J connectivity index is 2.80. The van der Waals surface area contributed by atoms with Crippen LogP contribution in [-0.4, -0.2) is 80.3 Å². The molecule has 0 saturated heterocycles. The maximum Gasteiger partial charge on any atom is 0.326 e. The van der Waals surface area contributed by atoms with Gasteiger partial charge in [0.25, 0.3) is 0 Å². The molecule has 14 heteroatoms. The van der Waals surface area contributed by atoms with E-state index < -0.39 is 60.8 Å². The average Bonchev–Trinajstić information content (AvgIpc) is 3.17. The van der Waals surface area contributed by atoms with E-state index in [0.717, 1.165) is 0 Å². The van der Waals surface area contributed by atoms with Crippen molar-refractivity contribution in [3.05, 3.63) is 18.2 Å². The first-order chi connectivity index (χ1) is 13.7. The molecule has 0 spiro atoms. The number of hydrogen-bond donors (Lipinski definition) is 8. The summed E-state index contributed by atoms with van der Waals surface area (Å²) in [5.41, 5.74) is 5.60. The van der Waals surface area contributed by atoms with Gasteiger partial charge in [0.15, 0.2) is 0 Å². The standard InChI is InChI=1S/C15H22N6O7S/c16-3-11(22)19-8(2-12(23)24)13(25)21-10(5-29)14(26)20-9(15(27)28)1-7-4-17-6-18-7/h4,6,8-10,29H,1-3,5,16H2,(H,17,18)(H,19,22)(H,20,26)(H,21,25)(H,23,24)(H,27,28). The number of nitrogens with zero attached hydrogens (tertiary/aromatic N) is 1. The van der Waals surface area contributed by atoms with Crippen molar-refractivity contribution in [2.24, 2.45) is 5.73 Å². The number of carbonyl (C=O) groups is 5. The highest BCUT2D eigenvalue weighted by atomic mass is 32.1. The molecule has 1 aromatic rings. The summed E-state index contributed by atoms with van der Waals surface area (Å²) in [5, 5.41) is 24.8. The normalized spacial score (nSPS) is 13.6. The SMILES string of the molecule is NCC(=O)NC(CC(=O)O)C(=O)NC(CS)C(=O)NC(Cc1cnc[nH]1)C(=O)O. The predicted molar refractivity (Wildman–Crippen MR) is 101 cm³/mol. The molecule has 0 fully saturated rings. The smallest absolute Gasteiger partial charge is 0.326 e. The van der Waals surface area contributed by atoms with Gasteiger partial charge >= 0.3 is 11.9 Å². The maximum atomic E-state index is 12.4. The summed E-state index contributed by atoms with van der Waals surface area (Å²) in [6.07, 6.45) is 1.93. The van der Waals surface area contributed by atoms with Crippen LogP contribution in [0.3, 0.4) is 0 Å². The zero-order valence-electron chi connectivity index (χ0n) is 15.1. The first-order valence-corrected chi connectivity index (χ1v) is 8.94. The van der Waals surface area contributed by atoms with Crippen LogP contribution in [0.2, 0.25) is 0 Å².